The average molecular weight is 390 g/mol. The fourth-order valence-electron chi connectivity index (χ4n) is 2.60. The lowest BCUT2D eigenvalue weighted by molar-refractivity contribution is 0.102. The largest absolute Gasteiger partial charge is 0.433 e. The van der Waals surface area contributed by atoms with E-state index in [9.17, 15) is 4.79 Å². The van der Waals surface area contributed by atoms with Gasteiger partial charge in [0, 0.05) is 6.54 Å². The summed E-state index contributed by atoms with van der Waals surface area (Å²) < 4.78 is 5.60. The van der Waals surface area contributed by atoms with Gasteiger partial charge in [0.1, 0.15) is 0 Å². The van der Waals surface area contributed by atoms with Crippen LogP contribution in [0.4, 0.5) is 4.79 Å². The molecular weight excluding hydrogens is 350 g/mol. The van der Waals surface area contributed by atoms with E-state index in [-0.39, 0.29) is 0 Å². The number of allylic oxidation sites excluding steroid dienone is 6. The molecule has 158 valence electrons. The summed E-state index contributed by atoms with van der Waals surface area (Å²) >= 11 is 0. The van der Waals surface area contributed by atoms with E-state index < -0.39 is 11.7 Å². The third-order valence-corrected chi connectivity index (χ3v) is 4.15. The predicted octanol–water partition coefficient (Wildman–Crippen LogP) is 5.28. The van der Waals surface area contributed by atoms with Crippen LogP contribution in [0.25, 0.3) is 0 Å². The summed E-state index contributed by atoms with van der Waals surface area (Å²) in [7, 11) is 0. The molecule has 0 aromatic carbocycles. The van der Waals surface area contributed by atoms with Crippen LogP contribution < -0.4 is 5.32 Å². The molecule has 0 aromatic heterocycles. The van der Waals surface area contributed by atoms with E-state index in [0.29, 0.717) is 6.54 Å². The van der Waals surface area contributed by atoms with Gasteiger partial charge < -0.3 is 15.0 Å². The molecule has 0 radical (unpaired) electrons. The van der Waals surface area contributed by atoms with Gasteiger partial charge in [0.05, 0.1) is 11.9 Å². The number of hydrogen-bond acceptors (Lipinski definition) is 4. The lowest BCUT2D eigenvalue weighted by Gasteiger charge is -2.22. The SMILES string of the molecule is C/C=C\C1=C(/C=C\C)N=CC(C)(OC(=O)NCCCN(CC)CC)C=C1.CC. The first-order valence-corrected chi connectivity index (χ1v) is 10.4. The maximum atomic E-state index is 12.1. The number of carbonyl (C=O) groups excluding carboxylic acids is 1. The second kappa shape index (κ2) is 14.9. The Morgan fingerprint density at radius 2 is 1.86 bits per heavy atom. The van der Waals surface area contributed by atoms with Crippen molar-refractivity contribution in [1.82, 2.24) is 10.2 Å². The third-order valence-electron chi connectivity index (χ3n) is 4.15. The topological polar surface area (TPSA) is 53.9 Å². The smallest absolute Gasteiger partial charge is 0.408 e. The summed E-state index contributed by atoms with van der Waals surface area (Å²) in [6.45, 7) is 17.6. The summed E-state index contributed by atoms with van der Waals surface area (Å²) in [6, 6.07) is 0. The molecule has 0 aromatic rings. The summed E-state index contributed by atoms with van der Waals surface area (Å²) in [4.78, 5) is 19.0. The van der Waals surface area contributed by atoms with Gasteiger partial charge in [-0.15, -0.1) is 0 Å². The molecule has 0 saturated heterocycles. The highest BCUT2D eigenvalue weighted by atomic mass is 16.6. The molecule has 1 rings (SSSR count). The van der Waals surface area contributed by atoms with Gasteiger partial charge in [-0.2, -0.15) is 0 Å². The van der Waals surface area contributed by atoms with E-state index in [0.717, 1.165) is 37.3 Å². The molecule has 0 spiro atoms. The summed E-state index contributed by atoms with van der Waals surface area (Å²) in [6.07, 6.45) is 13.8. The van der Waals surface area contributed by atoms with Crippen molar-refractivity contribution in [1.29, 1.82) is 0 Å². The van der Waals surface area contributed by atoms with E-state index >= 15 is 0 Å². The number of ether oxygens (including phenoxy) is 1. The fourth-order valence-corrected chi connectivity index (χ4v) is 2.60. The number of amides is 1. The molecule has 5 nitrogen and oxygen atoms in total. The van der Waals surface area contributed by atoms with Gasteiger partial charge in [0.25, 0.3) is 0 Å². The molecule has 1 amide bonds. The minimum atomic E-state index is -0.876. The van der Waals surface area contributed by atoms with Gasteiger partial charge in [-0.3, -0.25) is 4.99 Å². The molecule has 0 fully saturated rings. The van der Waals surface area contributed by atoms with Crippen molar-refractivity contribution >= 4 is 12.3 Å². The Labute approximate surface area is 171 Å². The van der Waals surface area contributed by atoms with Crippen molar-refractivity contribution < 1.29 is 9.53 Å². The normalized spacial score (nSPS) is 19.1. The van der Waals surface area contributed by atoms with E-state index in [1.807, 2.05) is 71.1 Å². The molecule has 1 unspecified atom stereocenters. The van der Waals surface area contributed by atoms with Gasteiger partial charge in [-0.05, 0) is 64.6 Å². The zero-order chi connectivity index (χ0) is 21.4. The summed E-state index contributed by atoms with van der Waals surface area (Å²) in [5.41, 5.74) is 0.946. The standard InChI is InChI=1S/C21H33N3O2.C2H6/c1-6-11-18-13-14-21(5,17-23-19(18)12-7-2)26-20(25)22-15-10-16-24(8-3)9-4;1-2/h6-7,11-14,17H,8-10,15-16H2,1-5H3,(H,22,25);1-2H3/b11-6-,12-7-;. The van der Waals surface area contributed by atoms with E-state index in [1.54, 1.807) is 6.21 Å². The highest BCUT2D eigenvalue weighted by molar-refractivity contribution is 5.79. The van der Waals surface area contributed by atoms with Crippen LogP contribution in [0.2, 0.25) is 0 Å². The lowest BCUT2D eigenvalue weighted by Crippen LogP contribution is -2.37. The van der Waals surface area contributed by atoms with Crippen molar-refractivity contribution in [2.24, 2.45) is 4.99 Å². The lowest BCUT2D eigenvalue weighted by atomic mass is 10.1. The Hall–Kier alpha value is -2.14. The number of carbonyl (C=O) groups is 1. The second-order valence-corrected chi connectivity index (χ2v) is 6.31. The van der Waals surface area contributed by atoms with Crippen LogP contribution >= 0.6 is 0 Å². The number of alkyl carbamates (subject to hydrolysis) is 1. The molecule has 1 atom stereocenters. The zero-order valence-electron chi connectivity index (χ0n) is 18.8. The van der Waals surface area contributed by atoms with Gasteiger partial charge in [0.2, 0.25) is 0 Å². The number of nitrogens with one attached hydrogen (secondary N) is 1. The van der Waals surface area contributed by atoms with Crippen LogP contribution in [0.1, 0.15) is 54.9 Å². The Morgan fingerprint density at radius 3 is 2.43 bits per heavy atom. The maximum absolute atomic E-state index is 12.1. The zero-order valence-corrected chi connectivity index (χ0v) is 18.8. The third kappa shape index (κ3) is 9.70. The number of rotatable bonds is 9. The average Bonchev–Trinajstić information content (AvgIpc) is 2.84. The molecule has 1 heterocycles. The molecule has 1 aliphatic rings. The van der Waals surface area contributed by atoms with Crippen LogP contribution in [-0.4, -0.2) is 49.0 Å². The van der Waals surface area contributed by atoms with Crippen LogP contribution in [0.5, 0.6) is 0 Å². The Bertz CT molecular complexity index is 565. The van der Waals surface area contributed by atoms with Crippen molar-refractivity contribution in [3.63, 3.8) is 0 Å². The first kappa shape index (κ1) is 25.9. The Kier molecular flexibility index (Phi) is 13.7. The molecule has 5 heteroatoms. The van der Waals surface area contributed by atoms with E-state index in [2.05, 4.69) is 29.1 Å². The van der Waals surface area contributed by atoms with Crippen LogP contribution in [0, 0.1) is 0 Å². The van der Waals surface area contributed by atoms with E-state index in [1.165, 1.54) is 0 Å². The number of aliphatic imine (C=N–C) groups is 1. The minimum Gasteiger partial charge on any atom is -0.433 e. The van der Waals surface area contributed by atoms with Crippen LogP contribution in [0.15, 0.2) is 52.7 Å². The molecule has 0 aliphatic carbocycles. The molecule has 0 bridgehead atoms. The molecule has 0 saturated carbocycles. The first-order chi connectivity index (χ1) is 13.5. The Morgan fingerprint density at radius 1 is 1.21 bits per heavy atom. The van der Waals surface area contributed by atoms with Crippen molar-refractivity contribution in [2.75, 3.05) is 26.2 Å². The fraction of sp³-hybridized carbons (Fsp3) is 0.565. The van der Waals surface area contributed by atoms with Crippen LogP contribution in [0.3, 0.4) is 0 Å². The predicted molar refractivity (Wildman–Crippen MR) is 121 cm³/mol. The van der Waals surface area contributed by atoms with Crippen molar-refractivity contribution in [2.45, 2.75) is 60.5 Å². The Balaban J connectivity index is 0.00000352. The quantitative estimate of drug-likeness (QED) is 0.546. The summed E-state index contributed by atoms with van der Waals surface area (Å²) in [5.74, 6) is 0. The number of nitrogens with zero attached hydrogens (tertiary/aromatic N) is 2. The van der Waals surface area contributed by atoms with Gasteiger partial charge in [-0.25, -0.2) is 4.79 Å². The van der Waals surface area contributed by atoms with Gasteiger partial charge >= 0.3 is 6.09 Å². The minimum absolute atomic E-state index is 0.426. The van der Waals surface area contributed by atoms with Gasteiger partial charge in [-0.1, -0.05) is 52.0 Å². The highest BCUT2D eigenvalue weighted by Gasteiger charge is 2.25. The first-order valence-electron chi connectivity index (χ1n) is 10.4. The van der Waals surface area contributed by atoms with Crippen LogP contribution in [-0.2, 0) is 4.74 Å². The molecular formula is C23H39N3O2. The van der Waals surface area contributed by atoms with E-state index in [4.69, 9.17) is 4.74 Å². The molecule has 1 aliphatic heterocycles. The summed E-state index contributed by atoms with van der Waals surface area (Å²) in [5, 5.41) is 2.83. The molecule has 1 N–H and O–H groups in total. The van der Waals surface area contributed by atoms with Gasteiger partial charge in [0.15, 0.2) is 5.60 Å². The highest BCUT2D eigenvalue weighted by Crippen LogP contribution is 2.21. The number of hydrogen-bond donors (Lipinski definition) is 1. The van der Waals surface area contributed by atoms with Crippen molar-refractivity contribution in [3.05, 3.63) is 47.7 Å². The molecule has 28 heavy (non-hydrogen) atoms. The van der Waals surface area contributed by atoms with Crippen molar-refractivity contribution in [3.8, 4) is 0 Å². The monoisotopic (exact) mass is 389 g/mol. The second-order valence-electron chi connectivity index (χ2n) is 6.31. The maximum Gasteiger partial charge on any atom is 0.408 e.